The van der Waals surface area contributed by atoms with Crippen molar-refractivity contribution < 1.29 is 9.53 Å². The van der Waals surface area contributed by atoms with Crippen molar-refractivity contribution in [2.75, 3.05) is 33.3 Å². The number of nitrogens with zero attached hydrogens (tertiary/aromatic N) is 2. The van der Waals surface area contributed by atoms with E-state index in [0.29, 0.717) is 5.69 Å². The topological polar surface area (TPSA) is 54.5 Å². The van der Waals surface area contributed by atoms with Crippen LogP contribution in [0.3, 0.4) is 0 Å². The van der Waals surface area contributed by atoms with E-state index in [2.05, 4.69) is 10.3 Å². The van der Waals surface area contributed by atoms with Gasteiger partial charge in [-0.1, -0.05) is 0 Å². The highest BCUT2D eigenvalue weighted by molar-refractivity contribution is 7.13. The van der Waals surface area contributed by atoms with Crippen molar-refractivity contribution in [2.45, 2.75) is 0 Å². The summed E-state index contributed by atoms with van der Waals surface area (Å²) in [5.41, 5.74) is 1.54. The van der Waals surface area contributed by atoms with Gasteiger partial charge in [0, 0.05) is 37.1 Å². The summed E-state index contributed by atoms with van der Waals surface area (Å²) in [6.45, 7) is 3.19. The zero-order valence-electron chi connectivity index (χ0n) is 12.2. The predicted molar refractivity (Wildman–Crippen MR) is 90.1 cm³/mol. The molecule has 2 heterocycles. The number of amides is 1. The molecule has 22 heavy (non-hydrogen) atoms. The number of methoxy groups -OCH3 is 1. The third kappa shape index (κ3) is 3.58. The van der Waals surface area contributed by atoms with Gasteiger partial charge in [-0.2, -0.15) is 0 Å². The number of carbonyl (C=O) groups is 1. The second-order valence-electron chi connectivity index (χ2n) is 4.81. The Balaban J connectivity index is 0.00000176. The Morgan fingerprint density at radius 3 is 2.59 bits per heavy atom. The average Bonchev–Trinajstić information content (AvgIpc) is 3.05. The maximum atomic E-state index is 12.4. The van der Waals surface area contributed by atoms with Crippen molar-refractivity contribution in [1.29, 1.82) is 0 Å². The first-order chi connectivity index (χ1) is 10.3. The van der Waals surface area contributed by atoms with Crippen LogP contribution in [0.15, 0.2) is 29.6 Å². The predicted octanol–water partition coefficient (Wildman–Crippen LogP) is 2.29. The van der Waals surface area contributed by atoms with Gasteiger partial charge >= 0.3 is 0 Å². The third-order valence-corrected chi connectivity index (χ3v) is 4.36. The largest absolute Gasteiger partial charge is 0.497 e. The first kappa shape index (κ1) is 16.7. The van der Waals surface area contributed by atoms with Crippen molar-refractivity contribution in [2.24, 2.45) is 0 Å². The molecule has 0 saturated carbocycles. The monoisotopic (exact) mass is 339 g/mol. The average molecular weight is 340 g/mol. The number of nitrogens with one attached hydrogen (secondary N) is 1. The first-order valence-corrected chi connectivity index (χ1v) is 7.76. The lowest BCUT2D eigenvalue weighted by Gasteiger charge is -2.26. The Morgan fingerprint density at radius 2 is 1.95 bits per heavy atom. The number of hydrogen-bond acceptors (Lipinski definition) is 5. The van der Waals surface area contributed by atoms with Crippen LogP contribution < -0.4 is 10.1 Å². The molecule has 1 amide bonds. The molecule has 0 spiro atoms. The van der Waals surface area contributed by atoms with E-state index in [9.17, 15) is 4.79 Å². The van der Waals surface area contributed by atoms with Crippen LogP contribution in [0.4, 0.5) is 0 Å². The van der Waals surface area contributed by atoms with Crippen molar-refractivity contribution in [3.63, 3.8) is 0 Å². The highest BCUT2D eigenvalue weighted by Gasteiger charge is 2.20. The molecule has 0 atom stereocenters. The molecule has 3 rings (SSSR count). The fourth-order valence-electron chi connectivity index (χ4n) is 2.27. The van der Waals surface area contributed by atoms with Gasteiger partial charge in [0.1, 0.15) is 16.5 Å². The molecule has 1 fully saturated rings. The van der Waals surface area contributed by atoms with E-state index >= 15 is 0 Å². The molecule has 118 valence electrons. The van der Waals surface area contributed by atoms with Crippen molar-refractivity contribution in [3.05, 3.63) is 35.3 Å². The number of hydrogen-bond donors (Lipinski definition) is 1. The molecule has 1 N–H and O–H groups in total. The Kier molecular flexibility index (Phi) is 5.76. The molecule has 5 nitrogen and oxygen atoms in total. The molecule has 7 heteroatoms. The highest BCUT2D eigenvalue weighted by Crippen LogP contribution is 2.26. The number of ether oxygens (including phenoxy) is 1. The summed E-state index contributed by atoms with van der Waals surface area (Å²) in [6, 6.07) is 7.70. The van der Waals surface area contributed by atoms with E-state index in [0.717, 1.165) is 42.5 Å². The Labute approximate surface area is 139 Å². The maximum Gasteiger partial charge on any atom is 0.273 e. The van der Waals surface area contributed by atoms with Crippen molar-refractivity contribution in [1.82, 2.24) is 15.2 Å². The Hall–Kier alpha value is -1.63. The lowest BCUT2D eigenvalue weighted by atomic mass is 10.2. The van der Waals surface area contributed by atoms with E-state index in [1.807, 2.05) is 34.5 Å². The summed E-state index contributed by atoms with van der Waals surface area (Å²) in [4.78, 5) is 18.7. The van der Waals surface area contributed by atoms with Crippen molar-refractivity contribution in [3.8, 4) is 16.3 Å². The SMILES string of the molecule is COc1ccc(-c2nc(C(=O)N3CCNCC3)cs2)cc1.Cl. The number of aromatic nitrogens is 1. The van der Waals surface area contributed by atoms with E-state index in [1.165, 1.54) is 11.3 Å². The molecule has 1 aliphatic heterocycles. The lowest BCUT2D eigenvalue weighted by Crippen LogP contribution is -2.46. The van der Waals surface area contributed by atoms with E-state index in [-0.39, 0.29) is 18.3 Å². The molecular weight excluding hydrogens is 322 g/mol. The van der Waals surface area contributed by atoms with Crippen LogP contribution in [-0.2, 0) is 0 Å². The number of benzene rings is 1. The number of rotatable bonds is 3. The fraction of sp³-hybridized carbons (Fsp3) is 0.333. The molecule has 0 aliphatic carbocycles. The molecule has 1 aromatic carbocycles. The normalized spacial score (nSPS) is 14.3. The van der Waals surface area contributed by atoms with E-state index in [4.69, 9.17) is 4.74 Å². The molecule has 0 bridgehead atoms. The summed E-state index contributed by atoms with van der Waals surface area (Å²) in [7, 11) is 1.64. The fourth-order valence-corrected chi connectivity index (χ4v) is 3.07. The number of thiazole rings is 1. The van der Waals surface area contributed by atoms with Gasteiger partial charge in [0.15, 0.2) is 0 Å². The Morgan fingerprint density at radius 1 is 1.27 bits per heavy atom. The third-order valence-electron chi connectivity index (χ3n) is 3.46. The molecule has 0 unspecified atom stereocenters. The minimum Gasteiger partial charge on any atom is -0.497 e. The minimum absolute atomic E-state index is 0. The summed E-state index contributed by atoms with van der Waals surface area (Å²) >= 11 is 1.49. The van der Waals surface area contributed by atoms with E-state index < -0.39 is 0 Å². The minimum atomic E-state index is 0. The van der Waals surface area contributed by atoms with Crippen LogP contribution in [-0.4, -0.2) is 49.1 Å². The van der Waals surface area contributed by atoms with Crippen LogP contribution >= 0.6 is 23.7 Å². The number of piperazine rings is 1. The maximum absolute atomic E-state index is 12.4. The van der Waals surface area contributed by atoms with Gasteiger partial charge in [0.05, 0.1) is 7.11 Å². The summed E-state index contributed by atoms with van der Waals surface area (Å²) in [5.74, 6) is 0.833. The zero-order chi connectivity index (χ0) is 14.7. The second kappa shape index (κ2) is 7.58. The van der Waals surface area contributed by atoms with Gasteiger partial charge in [0.25, 0.3) is 5.91 Å². The molecule has 1 aliphatic rings. The second-order valence-corrected chi connectivity index (χ2v) is 5.67. The van der Waals surface area contributed by atoms with Gasteiger partial charge in [0.2, 0.25) is 0 Å². The molecule has 0 radical (unpaired) electrons. The standard InChI is InChI=1S/C15H17N3O2S.ClH/c1-20-12-4-2-11(3-5-12)14-17-13(10-21-14)15(19)18-8-6-16-7-9-18;/h2-5,10,16H,6-9H2,1H3;1H. The summed E-state index contributed by atoms with van der Waals surface area (Å²) < 4.78 is 5.14. The smallest absolute Gasteiger partial charge is 0.273 e. The van der Waals surface area contributed by atoms with Crippen LogP contribution in [0.25, 0.3) is 10.6 Å². The quantitative estimate of drug-likeness (QED) is 0.932. The van der Waals surface area contributed by atoms with Crippen LogP contribution in [0.2, 0.25) is 0 Å². The molecular formula is C15H18ClN3O2S. The van der Waals surface area contributed by atoms with Gasteiger partial charge in [-0.3, -0.25) is 4.79 Å². The first-order valence-electron chi connectivity index (χ1n) is 6.88. The highest BCUT2D eigenvalue weighted by atomic mass is 35.5. The van der Waals surface area contributed by atoms with Gasteiger partial charge in [-0.15, -0.1) is 23.7 Å². The number of halogens is 1. The molecule has 1 aromatic heterocycles. The Bertz CT molecular complexity index is 624. The number of carbonyl (C=O) groups excluding carboxylic acids is 1. The lowest BCUT2D eigenvalue weighted by molar-refractivity contribution is 0.0731. The molecule has 2 aromatic rings. The van der Waals surface area contributed by atoms with Gasteiger partial charge < -0.3 is 15.0 Å². The zero-order valence-corrected chi connectivity index (χ0v) is 13.9. The van der Waals surface area contributed by atoms with Gasteiger partial charge in [-0.25, -0.2) is 4.98 Å². The van der Waals surface area contributed by atoms with Crippen LogP contribution in [0, 0.1) is 0 Å². The van der Waals surface area contributed by atoms with Crippen molar-refractivity contribution >= 4 is 29.7 Å². The summed E-state index contributed by atoms with van der Waals surface area (Å²) in [5, 5.41) is 5.93. The van der Waals surface area contributed by atoms with Crippen LogP contribution in [0.1, 0.15) is 10.5 Å². The van der Waals surface area contributed by atoms with Gasteiger partial charge in [-0.05, 0) is 24.3 Å². The van der Waals surface area contributed by atoms with E-state index in [1.54, 1.807) is 7.11 Å². The van der Waals surface area contributed by atoms with Crippen LogP contribution in [0.5, 0.6) is 5.75 Å². The summed E-state index contributed by atoms with van der Waals surface area (Å²) in [6.07, 6.45) is 0. The molecule has 1 saturated heterocycles.